The van der Waals surface area contributed by atoms with Gasteiger partial charge in [0.25, 0.3) is 0 Å². The molecule has 44 valence electrons. The number of rotatable bonds is 1. The molecule has 0 aliphatic heterocycles. The van der Waals surface area contributed by atoms with E-state index in [1.54, 1.807) is 0 Å². The van der Waals surface area contributed by atoms with E-state index >= 15 is 0 Å². The lowest BCUT2D eigenvalue weighted by atomic mass is 11.0. The lowest BCUT2D eigenvalue weighted by Crippen LogP contribution is -1.93. The SMILES string of the molecule is COc1nccn1O. The Morgan fingerprint density at radius 2 is 2.62 bits per heavy atom. The number of methoxy groups -OCH3 is 1. The lowest BCUT2D eigenvalue weighted by Gasteiger charge is -1.93. The van der Waals surface area contributed by atoms with E-state index in [-0.39, 0.29) is 6.01 Å². The highest BCUT2D eigenvalue weighted by Gasteiger charge is 1.94. The van der Waals surface area contributed by atoms with E-state index < -0.39 is 0 Å². The minimum atomic E-state index is 0.199. The van der Waals surface area contributed by atoms with Gasteiger partial charge in [-0.2, -0.15) is 0 Å². The molecule has 0 fully saturated rings. The Bertz CT molecular complexity index is 172. The van der Waals surface area contributed by atoms with Crippen LogP contribution in [0.2, 0.25) is 0 Å². The van der Waals surface area contributed by atoms with Crippen LogP contribution in [0.15, 0.2) is 12.4 Å². The second-order valence-corrected chi connectivity index (χ2v) is 1.26. The molecule has 1 aromatic rings. The van der Waals surface area contributed by atoms with E-state index in [1.807, 2.05) is 0 Å². The van der Waals surface area contributed by atoms with Gasteiger partial charge in [0.15, 0.2) is 0 Å². The molecule has 8 heavy (non-hydrogen) atoms. The van der Waals surface area contributed by atoms with Gasteiger partial charge in [-0.25, -0.2) is 4.98 Å². The summed E-state index contributed by atoms with van der Waals surface area (Å²) in [5, 5.41) is 8.68. The third kappa shape index (κ3) is 0.598. The van der Waals surface area contributed by atoms with Gasteiger partial charge in [0.05, 0.1) is 19.5 Å². The molecule has 0 aromatic carbocycles. The third-order valence-corrected chi connectivity index (χ3v) is 0.771. The molecular formula is C4H6N2O2. The monoisotopic (exact) mass is 114 g/mol. The molecule has 0 unspecified atom stereocenters. The number of aromatic nitrogens is 2. The van der Waals surface area contributed by atoms with Gasteiger partial charge in [-0.15, -0.1) is 4.73 Å². The summed E-state index contributed by atoms with van der Waals surface area (Å²) in [4.78, 5) is 3.62. The molecule has 4 nitrogen and oxygen atoms in total. The van der Waals surface area contributed by atoms with Crippen LogP contribution in [-0.2, 0) is 0 Å². The van der Waals surface area contributed by atoms with Crippen molar-refractivity contribution in [1.82, 2.24) is 9.71 Å². The fourth-order valence-electron chi connectivity index (χ4n) is 0.429. The molecule has 0 atom stereocenters. The summed E-state index contributed by atoms with van der Waals surface area (Å²) >= 11 is 0. The molecule has 0 saturated heterocycles. The van der Waals surface area contributed by atoms with Crippen molar-refractivity contribution in [3.8, 4) is 6.01 Å². The summed E-state index contributed by atoms with van der Waals surface area (Å²) < 4.78 is 5.39. The summed E-state index contributed by atoms with van der Waals surface area (Å²) in [6, 6.07) is 0.199. The van der Waals surface area contributed by atoms with Crippen molar-refractivity contribution in [2.24, 2.45) is 0 Å². The number of hydrogen-bond acceptors (Lipinski definition) is 3. The van der Waals surface area contributed by atoms with Crippen LogP contribution in [0, 0.1) is 0 Å². The number of nitrogens with zero attached hydrogens (tertiary/aromatic N) is 2. The summed E-state index contributed by atoms with van der Waals surface area (Å²) in [6.07, 6.45) is 2.83. The second-order valence-electron chi connectivity index (χ2n) is 1.26. The van der Waals surface area contributed by atoms with Crippen LogP contribution in [-0.4, -0.2) is 22.0 Å². The molecule has 1 rings (SSSR count). The zero-order valence-corrected chi connectivity index (χ0v) is 4.40. The fourth-order valence-corrected chi connectivity index (χ4v) is 0.429. The van der Waals surface area contributed by atoms with Gasteiger partial charge in [0.1, 0.15) is 0 Å². The summed E-state index contributed by atoms with van der Waals surface area (Å²) in [7, 11) is 1.44. The lowest BCUT2D eigenvalue weighted by molar-refractivity contribution is 0.149. The molecule has 0 bridgehead atoms. The first-order valence-corrected chi connectivity index (χ1v) is 2.11. The first-order valence-electron chi connectivity index (χ1n) is 2.11. The van der Waals surface area contributed by atoms with Gasteiger partial charge in [-0.3, -0.25) is 0 Å². The van der Waals surface area contributed by atoms with E-state index in [0.29, 0.717) is 0 Å². The predicted molar refractivity (Wildman–Crippen MR) is 26.0 cm³/mol. The Hall–Kier alpha value is -1.19. The van der Waals surface area contributed by atoms with Gasteiger partial charge in [-0.05, 0) is 0 Å². The maximum absolute atomic E-state index is 8.68. The molecule has 0 spiro atoms. The number of hydrogen-bond donors (Lipinski definition) is 1. The van der Waals surface area contributed by atoms with Crippen LogP contribution in [0.3, 0.4) is 0 Å². The maximum atomic E-state index is 8.68. The van der Waals surface area contributed by atoms with E-state index in [1.165, 1.54) is 19.5 Å². The van der Waals surface area contributed by atoms with E-state index in [9.17, 15) is 0 Å². The topological polar surface area (TPSA) is 47.3 Å². The molecule has 1 heterocycles. The highest BCUT2D eigenvalue weighted by molar-refractivity contribution is 4.93. The normalized spacial score (nSPS) is 9.12. The van der Waals surface area contributed by atoms with Crippen LogP contribution in [0.4, 0.5) is 0 Å². The molecule has 0 saturated carbocycles. The Labute approximate surface area is 46.3 Å². The highest BCUT2D eigenvalue weighted by Crippen LogP contribution is 2.00. The van der Waals surface area contributed by atoms with Crippen molar-refractivity contribution in [3.63, 3.8) is 0 Å². The second kappa shape index (κ2) is 1.73. The van der Waals surface area contributed by atoms with Crippen molar-refractivity contribution in [3.05, 3.63) is 12.4 Å². The quantitative estimate of drug-likeness (QED) is 0.528. The Morgan fingerprint density at radius 1 is 1.88 bits per heavy atom. The van der Waals surface area contributed by atoms with Gasteiger partial charge < -0.3 is 9.94 Å². The number of imidazole rings is 1. The molecule has 0 aliphatic carbocycles. The minimum Gasteiger partial charge on any atom is -0.466 e. The average Bonchev–Trinajstić information content (AvgIpc) is 2.14. The van der Waals surface area contributed by atoms with E-state index in [2.05, 4.69) is 9.72 Å². The standard InChI is InChI=1S/C4H6N2O2/c1-8-4-5-2-3-6(4)7/h2-3,7H,1H3. The Morgan fingerprint density at radius 3 is 2.88 bits per heavy atom. The number of ether oxygens (including phenoxy) is 1. The Kier molecular flexibility index (Phi) is 1.07. The average molecular weight is 114 g/mol. The summed E-state index contributed by atoms with van der Waals surface area (Å²) in [5.41, 5.74) is 0. The summed E-state index contributed by atoms with van der Waals surface area (Å²) in [6.45, 7) is 0. The van der Waals surface area contributed by atoms with Crippen LogP contribution >= 0.6 is 0 Å². The first kappa shape index (κ1) is 4.96. The van der Waals surface area contributed by atoms with Gasteiger partial charge in [-0.1, -0.05) is 0 Å². The van der Waals surface area contributed by atoms with Crippen LogP contribution in [0.25, 0.3) is 0 Å². The van der Waals surface area contributed by atoms with Crippen molar-refractivity contribution in [1.29, 1.82) is 0 Å². The highest BCUT2D eigenvalue weighted by atomic mass is 16.5. The molecule has 0 aliphatic rings. The Balaban J connectivity index is 2.92. The van der Waals surface area contributed by atoms with E-state index in [4.69, 9.17) is 5.21 Å². The molecule has 1 N–H and O–H groups in total. The molecule has 4 heteroatoms. The predicted octanol–water partition coefficient (Wildman–Crippen LogP) is 0.129. The third-order valence-electron chi connectivity index (χ3n) is 0.771. The van der Waals surface area contributed by atoms with E-state index in [0.717, 1.165) is 4.73 Å². The van der Waals surface area contributed by atoms with Gasteiger partial charge in [0.2, 0.25) is 0 Å². The van der Waals surface area contributed by atoms with Crippen LogP contribution in [0.5, 0.6) is 6.01 Å². The largest absolute Gasteiger partial charge is 0.466 e. The molecular weight excluding hydrogens is 108 g/mol. The zero-order valence-electron chi connectivity index (χ0n) is 4.40. The summed E-state index contributed by atoms with van der Waals surface area (Å²) in [5.74, 6) is 0. The van der Waals surface area contributed by atoms with Crippen LogP contribution < -0.4 is 4.74 Å². The minimum absolute atomic E-state index is 0.199. The van der Waals surface area contributed by atoms with Gasteiger partial charge in [0, 0.05) is 0 Å². The van der Waals surface area contributed by atoms with Crippen molar-refractivity contribution in [2.75, 3.05) is 7.11 Å². The van der Waals surface area contributed by atoms with Crippen molar-refractivity contribution < 1.29 is 9.94 Å². The van der Waals surface area contributed by atoms with Gasteiger partial charge >= 0.3 is 6.01 Å². The molecule has 0 radical (unpaired) electrons. The molecule has 0 amide bonds. The van der Waals surface area contributed by atoms with Crippen molar-refractivity contribution >= 4 is 0 Å². The van der Waals surface area contributed by atoms with Crippen molar-refractivity contribution in [2.45, 2.75) is 0 Å². The molecule has 1 aromatic heterocycles. The fraction of sp³-hybridized carbons (Fsp3) is 0.250. The maximum Gasteiger partial charge on any atom is 0.329 e. The van der Waals surface area contributed by atoms with Crippen LogP contribution in [0.1, 0.15) is 0 Å². The first-order chi connectivity index (χ1) is 3.84. The zero-order chi connectivity index (χ0) is 5.98. The smallest absolute Gasteiger partial charge is 0.329 e.